The molecule has 1 aliphatic rings. The Balaban J connectivity index is 1.68. The van der Waals surface area contributed by atoms with E-state index in [0.29, 0.717) is 17.0 Å². The molecule has 1 aromatic heterocycles. The predicted octanol–water partition coefficient (Wildman–Crippen LogP) is 5.31. The van der Waals surface area contributed by atoms with Crippen molar-refractivity contribution in [3.63, 3.8) is 0 Å². The molecular weight excluding hydrogens is 350 g/mol. The third-order valence-electron chi connectivity index (χ3n) is 5.33. The zero-order chi connectivity index (χ0) is 19.8. The first-order valence-corrected chi connectivity index (χ1v) is 9.47. The number of hydrogen-bond acceptors (Lipinski definition) is 4. The van der Waals surface area contributed by atoms with Gasteiger partial charge in [-0.25, -0.2) is 4.98 Å². The van der Waals surface area contributed by atoms with Crippen LogP contribution in [0.5, 0.6) is 5.75 Å². The van der Waals surface area contributed by atoms with Gasteiger partial charge in [-0.05, 0) is 48.7 Å². The summed E-state index contributed by atoms with van der Waals surface area (Å²) in [6, 6.07) is 16.8. The van der Waals surface area contributed by atoms with Crippen LogP contribution in [-0.4, -0.2) is 16.7 Å². The number of pyridine rings is 1. The number of nitrogens with zero attached hydrogens (tertiary/aromatic N) is 1. The Morgan fingerprint density at radius 3 is 2.54 bits per heavy atom. The second-order valence-corrected chi connectivity index (χ2v) is 7.16. The van der Waals surface area contributed by atoms with Crippen LogP contribution < -0.4 is 4.74 Å². The van der Waals surface area contributed by atoms with Crippen molar-refractivity contribution in [1.82, 2.24) is 4.98 Å². The summed E-state index contributed by atoms with van der Waals surface area (Å²) in [4.78, 5) is 29.6. The van der Waals surface area contributed by atoms with E-state index in [-0.39, 0.29) is 17.7 Å². The summed E-state index contributed by atoms with van der Waals surface area (Å²) in [6.45, 7) is 5.77. The van der Waals surface area contributed by atoms with Gasteiger partial charge in [-0.2, -0.15) is 0 Å². The van der Waals surface area contributed by atoms with Crippen LogP contribution in [0.25, 0.3) is 22.0 Å². The van der Waals surface area contributed by atoms with Crippen molar-refractivity contribution >= 4 is 33.8 Å². The van der Waals surface area contributed by atoms with Crippen LogP contribution in [0.1, 0.15) is 48.8 Å². The van der Waals surface area contributed by atoms with E-state index in [9.17, 15) is 9.59 Å². The molecule has 0 aliphatic heterocycles. The van der Waals surface area contributed by atoms with Crippen molar-refractivity contribution < 1.29 is 14.3 Å². The molecule has 0 saturated heterocycles. The Bertz CT molecular complexity index is 1140. The van der Waals surface area contributed by atoms with Crippen LogP contribution in [-0.2, 0) is 4.79 Å². The van der Waals surface area contributed by atoms with Crippen molar-refractivity contribution in [3.05, 3.63) is 71.4 Å². The Hall–Kier alpha value is -3.27. The second kappa shape index (κ2) is 7.04. The van der Waals surface area contributed by atoms with Crippen LogP contribution in [0.4, 0.5) is 0 Å². The number of ketones is 1. The molecule has 4 heteroatoms. The maximum atomic E-state index is 12.9. The van der Waals surface area contributed by atoms with Crippen molar-refractivity contribution in [1.29, 1.82) is 0 Å². The van der Waals surface area contributed by atoms with E-state index in [1.807, 2.05) is 63.2 Å². The molecule has 4 nitrogen and oxygen atoms in total. The third kappa shape index (κ3) is 3.01. The Morgan fingerprint density at radius 1 is 1.07 bits per heavy atom. The molecule has 0 bridgehead atoms. The van der Waals surface area contributed by atoms with Gasteiger partial charge < -0.3 is 4.74 Å². The first-order valence-electron chi connectivity index (χ1n) is 9.47. The minimum absolute atomic E-state index is 0.0130. The SMILES string of the molecule is CCC(C)C(=O)Oc1ccc2nc(C3=C(C)c4ccccc4C3=O)ccc2c1. The lowest BCUT2D eigenvalue weighted by Gasteiger charge is -2.10. The summed E-state index contributed by atoms with van der Waals surface area (Å²) in [5.74, 6) is 0.147. The molecule has 0 N–H and O–H groups in total. The number of carbonyl (C=O) groups excluding carboxylic acids is 2. The number of rotatable bonds is 4. The number of Topliss-reactive ketones (excluding diaryl/α,β-unsaturated/α-hetero) is 1. The predicted molar refractivity (Wildman–Crippen MR) is 110 cm³/mol. The van der Waals surface area contributed by atoms with E-state index in [1.54, 1.807) is 12.1 Å². The summed E-state index contributed by atoms with van der Waals surface area (Å²) in [5, 5.41) is 0.861. The van der Waals surface area contributed by atoms with Crippen LogP contribution in [0.15, 0.2) is 54.6 Å². The van der Waals surface area contributed by atoms with Gasteiger partial charge in [0.2, 0.25) is 0 Å². The van der Waals surface area contributed by atoms with Crippen LogP contribution in [0.2, 0.25) is 0 Å². The van der Waals surface area contributed by atoms with Gasteiger partial charge in [0, 0.05) is 10.9 Å². The summed E-state index contributed by atoms with van der Waals surface area (Å²) in [5.41, 5.74) is 4.71. The molecule has 0 radical (unpaired) electrons. The number of ether oxygens (including phenoxy) is 1. The molecule has 3 aromatic rings. The van der Waals surface area contributed by atoms with Crippen molar-refractivity contribution in [2.75, 3.05) is 0 Å². The molecule has 2 aromatic carbocycles. The average Bonchev–Trinajstić information content (AvgIpc) is 2.97. The van der Waals surface area contributed by atoms with E-state index in [0.717, 1.165) is 34.0 Å². The van der Waals surface area contributed by atoms with Gasteiger partial charge >= 0.3 is 5.97 Å². The third-order valence-corrected chi connectivity index (χ3v) is 5.33. The monoisotopic (exact) mass is 371 g/mol. The van der Waals surface area contributed by atoms with Crippen LogP contribution in [0, 0.1) is 5.92 Å². The fourth-order valence-corrected chi connectivity index (χ4v) is 3.45. The lowest BCUT2D eigenvalue weighted by Crippen LogP contribution is -2.16. The molecule has 1 aliphatic carbocycles. The summed E-state index contributed by atoms with van der Waals surface area (Å²) in [7, 11) is 0. The van der Waals surface area contributed by atoms with Crippen molar-refractivity contribution in [2.45, 2.75) is 27.2 Å². The topological polar surface area (TPSA) is 56.3 Å². The smallest absolute Gasteiger partial charge is 0.314 e. The fraction of sp³-hybridized carbons (Fsp3) is 0.208. The van der Waals surface area contributed by atoms with E-state index in [2.05, 4.69) is 0 Å². The number of hydrogen-bond donors (Lipinski definition) is 0. The molecular formula is C24H21NO3. The van der Waals surface area contributed by atoms with E-state index in [4.69, 9.17) is 9.72 Å². The quantitative estimate of drug-likeness (QED) is 0.460. The molecule has 4 rings (SSSR count). The van der Waals surface area contributed by atoms with Gasteiger partial charge in [-0.3, -0.25) is 9.59 Å². The zero-order valence-electron chi connectivity index (χ0n) is 16.2. The first kappa shape index (κ1) is 18.1. The molecule has 140 valence electrons. The number of esters is 1. The molecule has 1 unspecified atom stereocenters. The molecule has 0 saturated carbocycles. The number of carbonyl (C=O) groups is 2. The van der Waals surface area contributed by atoms with Crippen LogP contribution >= 0.6 is 0 Å². The largest absolute Gasteiger partial charge is 0.426 e. The minimum Gasteiger partial charge on any atom is -0.426 e. The van der Waals surface area contributed by atoms with Gasteiger partial charge in [0.1, 0.15) is 5.75 Å². The second-order valence-electron chi connectivity index (χ2n) is 7.16. The first-order chi connectivity index (χ1) is 13.5. The highest BCUT2D eigenvalue weighted by Crippen LogP contribution is 2.37. The molecule has 0 amide bonds. The Morgan fingerprint density at radius 2 is 1.82 bits per heavy atom. The van der Waals surface area contributed by atoms with Crippen LogP contribution in [0.3, 0.4) is 0 Å². The van der Waals surface area contributed by atoms with Crippen molar-refractivity contribution in [3.8, 4) is 5.75 Å². The van der Waals surface area contributed by atoms with E-state index >= 15 is 0 Å². The minimum atomic E-state index is -0.235. The average molecular weight is 371 g/mol. The summed E-state index contributed by atoms with van der Waals surface area (Å²) >= 11 is 0. The standard InChI is InChI=1S/C24H21NO3/c1-4-14(2)24(27)28-17-10-12-20-16(13-17)9-11-21(25-20)22-15(3)18-7-5-6-8-19(18)23(22)26/h5-14H,4H2,1-3H3. The van der Waals surface area contributed by atoms with Gasteiger partial charge in [-0.1, -0.05) is 44.2 Å². The molecule has 0 fully saturated rings. The van der Waals surface area contributed by atoms with E-state index in [1.165, 1.54) is 0 Å². The van der Waals surface area contributed by atoms with Gasteiger partial charge in [0.15, 0.2) is 5.78 Å². The zero-order valence-corrected chi connectivity index (χ0v) is 16.2. The lowest BCUT2D eigenvalue weighted by atomic mass is 10.0. The highest BCUT2D eigenvalue weighted by molar-refractivity contribution is 6.39. The van der Waals surface area contributed by atoms with E-state index < -0.39 is 0 Å². The Kier molecular flexibility index (Phi) is 4.55. The van der Waals surface area contributed by atoms with Gasteiger partial charge in [-0.15, -0.1) is 0 Å². The Labute approximate surface area is 163 Å². The maximum absolute atomic E-state index is 12.9. The molecule has 1 atom stereocenters. The number of fused-ring (bicyclic) bond motifs is 2. The maximum Gasteiger partial charge on any atom is 0.314 e. The molecule has 1 heterocycles. The molecule has 28 heavy (non-hydrogen) atoms. The summed E-state index contributed by atoms with van der Waals surface area (Å²) in [6.07, 6.45) is 0.738. The van der Waals surface area contributed by atoms with Gasteiger partial charge in [0.05, 0.1) is 22.7 Å². The summed E-state index contributed by atoms with van der Waals surface area (Å²) < 4.78 is 5.45. The normalized spacial score (nSPS) is 14.3. The van der Waals surface area contributed by atoms with Crippen molar-refractivity contribution in [2.24, 2.45) is 5.92 Å². The highest BCUT2D eigenvalue weighted by atomic mass is 16.5. The molecule has 0 spiro atoms. The fourth-order valence-electron chi connectivity index (χ4n) is 3.45. The highest BCUT2D eigenvalue weighted by Gasteiger charge is 2.28. The number of allylic oxidation sites excluding steroid dienone is 2. The number of benzene rings is 2. The lowest BCUT2D eigenvalue weighted by molar-refractivity contribution is -0.138. The number of aromatic nitrogens is 1. The van der Waals surface area contributed by atoms with Gasteiger partial charge in [0.25, 0.3) is 0 Å².